The summed E-state index contributed by atoms with van der Waals surface area (Å²) in [6, 6.07) is 0. The Morgan fingerprint density at radius 1 is 1.45 bits per heavy atom. The molecule has 1 aromatic heterocycles. The van der Waals surface area contributed by atoms with Gasteiger partial charge in [0.2, 0.25) is 0 Å². The van der Waals surface area contributed by atoms with Gasteiger partial charge in [-0.25, -0.2) is 0 Å². The second-order valence-electron chi connectivity index (χ2n) is 5.08. The second-order valence-corrected chi connectivity index (χ2v) is 5.08. The predicted molar refractivity (Wildman–Crippen MR) is 68.7 cm³/mol. The number of aryl methyl sites for hydroxylation is 1. The van der Waals surface area contributed by atoms with Crippen LogP contribution >= 0.6 is 0 Å². The molecule has 112 valence electrons. The maximum atomic E-state index is 12.2. The molecule has 1 unspecified atom stereocenters. The molecule has 0 saturated carbocycles. The first kappa shape index (κ1) is 16.1. The van der Waals surface area contributed by atoms with Crippen molar-refractivity contribution in [2.75, 3.05) is 6.61 Å². The molecule has 0 saturated heterocycles. The Bertz CT molecular complexity index is 486. The topological polar surface area (TPSA) is 107 Å². The lowest BCUT2D eigenvalue weighted by Gasteiger charge is -2.27. The number of hydrogen-bond donors (Lipinski definition) is 1. The lowest BCUT2D eigenvalue weighted by atomic mass is 9.77. The Morgan fingerprint density at radius 2 is 2.10 bits per heavy atom. The van der Waals surface area contributed by atoms with Crippen LogP contribution in [0.2, 0.25) is 0 Å². The summed E-state index contributed by atoms with van der Waals surface area (Å²) in [4.78, 5) is 25.1. The molecule has 8 heteroatoms. The number of ether oxygens (including phenoxy) is 1. The average molecular weight is 284 g/mol. The van der Waals surface area contributed by atoms with Gasteiger partial charge in [0.1, 0.15) is 0 Å². The fraction of sp³-hybridized carbons (Fsp3) is 0.750. The normalized spacial score (nSPS) is 14.1. The quantitative estimate of drug-likeness (QED) is 0.571. The van der Waals surface area contributed by atoms with Gasteiger partial charge < -0.3 is 9.84 Å². The molecule has 1 N–H and O–H groups in total. The molecule has 0 bridgehead atoms. The smallest absolute Gasteiger partial charge is 0.323 e. The Hall–Kier alpha value is -1.99. The van der Waals surface area contributed by atoms with E-state index in [-0.39, 0.29) is 31.2 Å². The largest absolute Gasteiger partial charge is 0.480 e. The molecule has 0 aliphatic carbocycles. The Balaban J connectivity index is 3.14. The summed E-state index contributed by atoms with van der Waals surface area (Å²) >= 11 is 0. The molecule has 0 aliphatic rings. The van der Waals surface area contributed by atoms with E-state index < -0.39 is 17.4 Å². The van der Waals surface area contributed by atoms with Crippen LogP contribution in [0, 0.1) is 11.3 Å². The highest BCUT2D eigenvalue weighted by Crippen LogP contribution is 2.32. The highest BCUT2D eigenvalue weighted by atomic mass is 16.5. The molecule has 1 aromatic rings. The zero-order valence-corrected chi connectivity index (χ0v) is 12.2. The van der Waals surface area contributed by atoms with Gasteiger partial charge in [-0.3, -0.25) is 9.59 Å². The van der Waals surface area contributed by atoms with Gasteiger partial charge in [-0.15, -0.1) is 10.2 Å². The first-order valence-electron chi connectivity index (χ1n) is 6.45. The molecule has 0 spiro atoms. The van der Waals surface area contributed by atoms with Crippen molar-refractivity contribution in [2.24, 2.45) is 18.4 Å². The van der Waals surface area contributed by atoms with Crippen LogP contribution < -0.4 is 0 Å². The standard InChI is InChI=1S/C12H20N4O4/c1-5-20-11(19)12(10(17)18,6-8(2)3)7-9-13-15-16(4)14-9/h8H,5-7H2,1-4H3,(H,17,18). The highest BCUT2D eigenvalue weighted by molar-refractivity contribution is 5.99. The molecule has 0 aliphatic heterocycles. The van der Waals surface area contributed by atoms with Gasteiger partial charge in [-0.2, -0.15) is 4.80 Å². The number of carboxylic acids is 1. The van der Waals surface area contributed by atoms with E-state index in [2.05, 4.69) is 15.4 Å². The Labute approximate surface area is 117 Å². The molecular weight excluding hydrogens is 264 g/mol. The van der Waals surface area contributed by atoms with Gasteiger partial charge >= 0.3 is 11.9 Å². The van der Waals surface area contributed by atoms with Crippen LogP contribution in [0.3, 0.4) is 0 Å². The maximum absolute atomic E-state index is 12.2. The van der Waals surface area contributed by atoms with E-state index in [1.165, 1.54) is 4.80 Å². The number of carbonyl (C=O) groups excluding carboxylic acids is 1. The van der Waals surface area contributed by atoms with E-state index in [0.29, 0.717) is 0 Å². The van der Waals surface area contributed by atoms with E-state index in [4.69, 9.17) is 4.74 Å². The molecule has 0 fully saturated rings. The van der Waals surface area contributed by atoms with Crippen LogP contribution in [0.25, 0.3) is 0 Å². The molecule has 0 amide bonds. The lowest BCUT2D eigenvalue weighted by molar-refractivity contribution is -0.170. The van der Waals surface area contributed by atoms with Crippen LogP contribution in [-0.2, 0) is 27.8 Å². The van der Waals surface area contributed by atoms with Crippen LogP contribution in [0.5, 0.6) is 0 Å². The summed E-state index contributed by atoms with van der Waals surface area (Å²) in [6.07, 6.45) is 0.0204. The predicted octanol–water partition coefficient (Wildman–Crippen LogP) is 0.433. The number of carbonyl (C=O) groups is 2. The van der Waals surface area contributed by atoms with Crippen molar-refractivity contribution in [3.63, 3.8) is 0 Å². The van der Waals surface area contributed by atoms with Crippen molar-refractivity contribution in [2.45, 2.75) is 33.6 Å². The summed E-state index contributed by atoms with van der Waals surface area (Å²) in [5.74, 6) is -1.76. The number of rotatable bonds is 7. The first-order valence-corrected chi connectivity index (χ1v) is 6.45. The van der Waals surface area contributed by atoms with Gasteiger partial charge in [0.15, 0.2) is 11.2 Å². The van der Waals surface area contributed by atoms with Crippen LogP contribution in [0.4, 0.5) is 0 Å². The third-order valence-electron chi connectivity index (χ3n) is 2.84. The highest BCUT2D eigenvalue weighted by Gasteiger charge is 2.49. The fourth-order valence-electron chi connectivity index (χ4n) is 2.11. The number of nitrogens with zero attached hydrogens (tertiary/aromatic N) is 4. The van der Waals surface area contributed by atoms with Crippen LogP contribution in [-0.4, -0.2) is 43.9 Å². The van der Waals surface area contributed by atoms with Crippen molar-refractivity contribution in [3.05, 3.63) is 5.82 Å². The summed E-state index contributed by atoms with van der Waals surface area (Å²) in [5, 5.41) is 20.9. The van der Waals surface area contributed by atoms with E-state index >= 15 is 0 Å². The molecule has 1 heterocycles. The monoisotopic (exact) mass is 284 g/mol. The Morgan fingerprint density at radius 3 is 2.50 bits per heavy atom. The van der Waals surface area contributed by atoms with E-state index in [9.17, 15) is 14.7 Å². The number of carboxylic acid groups (broad SMARTS) is 1. The Kier molecular flexibility index (Phi) is 5.18. The lowest BCUT2D eigenvalue weighted by Crippen LogP contribution is -2.44. The molecule has 0 radical (unpaired) electrons. The van der Waals surface area contributed by atoms with Crippen LogP contribution in [0.15, 0.2) is 0 Å². The van der Waals surface area contributed by atoms with Gasteiger partial charge in [-0.1, -0.05) is 13.8 Å². The number of aromatic nitrogens is 4. The molecule has 1 rings (SSSR count). The van der Waals surface area contributed by atoms with E-state index in [1.54, 1.807) is 14.0 Å². The minimum absolute atomic E-state index is 0.00665. The zero-order chi connectivity index (χ0) is 15.3. The third kappa shape index (κ3) is 3.52. The third-order valence-corrected chi connectivity index (χ3v) is 2.84. The van der Waals surface area contributed by atoms with Gasteiger partial charge in [0.25, 0.3) is 0 Å². The molecule has 8 nitrogen and oxygen atoms in total. The number of hydrogen-bond acceptors (Lipinski definition) is 6. The molecular formula is C12H20N4O4. The molecule has 0 aromatic carbocycles. The summed E-state index contributed by atoms with van der Waals surface area (Å²) < 4.78 is 4.95. The zero-order valence-electron chi connectivity index (χ0n) is 12.2. The number of aliphatic carboxylic acids is 1. The molecule has 20 heavy (non-hydrogen) atoms. The minimum Gasteiger partial charge on any atom is -0.480 e. The summed E-state index contributed by atoms with van der Waals surface area (Å²) in [5.41, 5.74) is -1.67. The van der Waals surface area contributed by atoms with Gasteiger partial charge in [0.05, 0.1) is 13.7 Å². The van der Waals surface area contributed by atoms with Crippen LogP contribution in [0.1, 0.15) is 33.0 Å². The van der Waals surface area contributed by atoms with Crippen molar-refractivity contribution in [1.82, 2.24) is 20.2 Å². The van der Waals surface area contributed by atoms with E-state index in [1.807, 2.05) is 13.8 Å². The van der Waals surface area contributed by atoms with Crippen molar-refractivity contribution in [3.8, 4) is 0 Å². The summed E-state index contributed by atoms with van der Waals surface area (Å²) in [7, 11) is 1.58. The van der Waals surface area contributed by atoms with E-state index in [0.717, 1.165) is 0 Å². The summed E-state index contributed by atoms with van der Waals surface area (Å²) in [6.45, 7) is 5.46. The minimum atomic E-state index is -1.67. The average Bonchev–Trinajstić information content (AvgIpc) is 2.73. The van der Waals surface area contributed by atoms with Crippen molar-refractivity contribution >= 4 is 11.9 Å². The number of esters is 1. The SMILES string of the molecule is CCOC(=O)C(Cc1nnn(C)n1)(CC(C)C)C(=O)O. The molecule has 1 atom stereocenters. The number of tetrazole rings is 1. The second kappa shape index (κ2) is 6.44. The van der Waals surface area contributed by atoms with Gasteiger partial charge in [0, 0.05) is 6.42 Å². The van der Waals surface area contributed by atoms with Gasteiger partial charge in [-0.05, 0) is 24.5 Å². The maximum Gasteiger partial charge on any atom is 0.323 e. The fourth-order valence-corrected chi connectivity index (χ4v) is 2.11. The first-order chi connectivity index (χ1) is 9.31. The van der Waals surface area contributed by atoms with Crippen molar-refractivity contribution < 1.29 is 19.4 Å². The van der Waals surface area contributed by atoms with Crippen molar-refractivity contribution in [1.29, 1.82) is 0 Å².